The van der Waals surface area contributed by atoms with E-state index in [1.165, 1.54) is 5.56 Å². The van der Waals surface area contributed by atoms with E-state index in [1.54, 1.807) is 13.2 Å². The molecule has 2 aromatic rings. The molecule has 2 aromatic heterocycles. The third kappa shape index (κ3) is 3.04. The topological polar surface area (TPSA) is 86.9 Å². The Kier molecular flexibility index (Phi) is 4.24. The lowest BCUT2D eigenvalue weighted by molar-refractivity contribution is 0.177. The van der Waals surface area contributed by atoms with Crippen molar-refractivity contribution in [2.75, 3.05) is 25.1 Å². The van der Waals surface area contributed by atoms with E-state index in [4.69, 9.17) is 4.74 Å². The van der Waals surface area contributed by atoms with Crippen LogP contribution in [0.1, 0.15) is 35.8 Å². The Bertz CT molecular complexity index is 685. The molecule has 0 amide bonds. The van der Waals surface area contributed by atoms with Crippen LogP contribution in [-0.2, 0) is 11.3 Å². The molecule has 0 aromatic carbocycles. The van der Waals surface area contributed by atoms with Crippen LogP contribution in [0.2, 0.25) is 0 Å². The molecule has 7 nitrogen and oxygen atoms in total. The number of H-pyrrole nitrogens is 2. The maximum absolute atomic E-state index is 11.7. The van der Waals surface area contributed by atoms with Gasteiger partial charge in [0.2, 0.25) is 0 Å². The van der Waals surface area contributed by atoms with Gasteiger partial charge in [0.15, 0.2) is 0 Å². The molecule has 0 aliphatic carbocycles. The van der Waals surface area contributed by atoms with Crippen LogP contribution in [-0.4, -0.2) is 40.4 Å². The fourth-order valence-corrected chi connectivity index (χ4v) is 3.05. The fraction of sp³-hybridized carbons (Fsp3) is 0.533. The highest BCUT2D eigenvalue weighted by molar-refractivity contribution is 5.38. The number of rotatable bonds is 4. The van der Waals surface area contributed by atoms with E-state index in [2.05, 4.69) is 32.0 Å². The molecule has 2 N–H and O–H groups in total. The van der Waals surface area contributed by atoms with Gasteiger partial charge in [-0.1, -0.05) is 0 Å². The highest BCUT2D eigenvalue weighted by Crippen LogP contribution is 2.30. The molecule has 0 saturated carbocycles. The molecular formula is C15H21N5O2. The third-order valence-electron chi connectivity index (χ3n) is 4.19. The van der Waals surface area contributed by atoms with E-state index >= 15 is 0 Å². The van der Waals surface area contributed by atoms with E-state index in [-0.39, 0.29) is 5.56 Å². The number of ether oxygens (including phenoxy) is 1. The van der Waals surface area contributed by atoms with Gasteiger partial charge in [0.25, 0.3) is 5.56 Å². The second kappa shape index (κ2) is 6.31. The number of hydrogen-bond acceptors (Lipinski definition) is 5. The molecule has 1 fully saturated rings. The van der Waals surface area contributed by atoms with Crippen LogP contribution in [0.15, 0.2) is 17.1 Å². The van der Waals surface area contributed by atoms with E-state index in [9.17, 15) is 4.79 Å². The molecule has 118 valence electrons. The maximum Gasteiger partial charge on any atom is 0.253 e. The molecule has 7 heteroatoms. The van der Waals surface area contributed by atoms with Crippen LogP contribution in [0, 0.1) is 6.92 Å². The third-order valence-corrected chi connectivity index (χ3v) is 4.19. The van der Waals surface area contributed by atoms with Crippen molar-refractivity contribution in [1.29, 1.82) is 0 Å². The molecule has 22 heavy (non-hydrogen) atoms. The van der Waals surface area contributed by atoms with Crippen molar-refractivity contribution in [3.05, 3.63) is 39.7 Å². The van der Waals surface area contributed by atoms with Crippen molar-refractivity contribution in [2.24, 2.45) is 0 Å². The van der Waals surface area contributed by atoms with Gasteiger partial charge in [-0.15, -0.1) is 0 Å². The second-order valence-electron chi connectivity index (χ2n) is 5.69. The smallest absolute Gasteiger partial charge is 0.253 e. The van der Waals surface area contributed by atoms with Crippen LogP contribution in [0.5, 0.6) is 0 Å². The lowest BCUT2D eigenvalue weighted by Gasteiger charge is -2.32. The SMILES string of the molecule is COCc1nc(N2CCC(c3cn[nH]c3C)CC2)cc(=O)[nH]1. The zero-order valence-corrected chi connectivity index (χ0v) is 12.9. The fourth-order valence-electron chi connectivity index (χ4n) is 3.05. The summed E-state index contributed by atoms with van der Waals surface area (Å²) >= 11 is 0. The summed E-state index contributed by atoms with van der Waals surface area (Å²) in [5.41, 5.74) is 2.32. The van der Waals surface area contributed by atoms with Crippen LogP contribution in [0.4, 0.5) is 5.82 Å². The molecule has 0 unspecified atom stereocenters. The second-order valence-corrected chi connectivity index (χ2v) is 5.69. The Morgan fingerprint density at radius 1 is 1.41 bits per heavy atom. The van der Waals surface area contributed by atoms with E-state index in [0.29, 0.717) is 18.3 Å². The predicted octanol–water partition coefficient (Wildman–Crippen LogP) is 1.33. The van der Waals surface area contributed by atoms with E-state index in [0.717, 1.165) is 37.4 Å². The summed E-state index contributed by atoms with van der Waals surface area (Å²) in [5.74, 6) is 1.83. The lowest BCUT2D eigenvalue weighted by Crippen LogP contribution is -2.34. The highest BCUT2D eigenvalue weighted by Gasteiger charge is 2.23. The number of methoxy groups -OCH3 is 1. The zero-order chi connectivity index (χ0) is 15.5. The average molecular weight is 303 g/mol. The Morgan fingerprint density at radius 2 is 2.18 bits per heavy atom. The van der Waals surface area contributed by atoms with E-state index < -0.39 is 0 Å². The largest absolute Gasteiger partial charge is 0.377 e. The van der Waals surface area contributed by atoms with Gasteiger partial charge in [0.05, 0.1) is 6.20 Å². The Hall–Kier alpha value is -2.15. The molecule has 1 saturated heterocycles. The molecule has 0 radical (unpaired) electrons. The van der Waals surface area contributed by atoms with Gasteiger partial charge in [0.1, 0.15) is 18.2 Å². The standard InChI is InChI=1S/C15H21N5O2/c1-10-12(8-16-19-10)11-3-5-20(6-4-11)14-7-15(21)18-13(17-14)9-22-2/h7-8,11H,3-6,9H2,1-2H3,(H,16,19)(H,17,18,21). The van der Waals surface area contributed by atoms with Gasteiger partial charge in [-0.25, -0.2) is 4.98 Å². The molecule has 1 aliphatic heterocycles. The number of nitrogens with one attached hydrogen (secondary N) is 2. The van der Waals surface area contributed by atoms with Crippen molar-refractivity contribution in [2.45, 2.75) is 32.3 Å². The minimum absolute atomic E-state index is 0.134. The van der Waals surface area contributed by atoms with Crippen LogP contribution in [0.3, 0.4) is 0 Å². The Morgan fingerprint density at radius 3 is 2.82 bits per heavy atom. The molecular weight excluding hydrogens is 282 g/mol. The van der Waals surface area contributed by atoms with Gasteiger partial charge in [-0.2, -0.15) is 5.10 Å². The summed E-state index contributed by atoms with van der Waals surface area (Å²) in [6, 6.07) is 1.56. The number of aryl methyl sites for hydroxylation is 1. The monoisotopic (exact) mass is 303 g/mol. The summed E-state index contributed by atoms with van der Waals surface area (Å²) < 4.78 is 5.04. The number of aromatic amines is 2. The molecule has 0 bridgehead atoms. The van der Waals surface area contributed by atoms with Crippen LogP contribution < -0.4 is 10.5 Å². The highest BCUT2D eigenvalue weighted by atomic mass is 16.5. The van der Waals surface area contributed by atoms with Crippen molar-refractivity contribution < 1.29 is 4.74 Å². The molecule has 0 atom stereocenters. The van der Waals surface area contributed by atoms with Crippen LogP contribution >= 0.6 is 0 Å². The summed E-state index contributed by atoms with van der Waals surface area (Å²) in [7, 11) is 1.59. The quantitative estimate of drug-likeness (QED) is 0.890. The van der Waals surface area contributed by atoms with Crippen LogP contribution in [0.25, 0.3) is 0 Å². The predicted molar refractivity (Wildman–Crippen MR) is 83.1 cm³/mol. The first-order valence-corrected chi connectivity index (χ1v) is 7.51. The maximum atomic E-state index is 11.7. The average Bonchev–Trinajstić information content (AvgIpc) is 2.93. The number of nitrogens with zero attached hydrogens (tertiary/aromatic N) is 3. The van der Waals surface area contributed by atoms with Crippen molar-refractivity contribution in [1.82, 2.24) is 20.2 Å². The van der Waals surface area contributed by atoms with Gasteiger partial charge in [-0.3, -0.25) is 9.89 Å². The molecule has 0 spiro atoms. The first-order valence-electron chi connectivity index (χ1n) is 7.51. The first-order chi connectivity index (χ1) is 10.7. The van der Waals surface area contributed by atoms with Crippen molar-refractivity contribution in [3.63, 3.8) is 0 Å². The van der Waals surface area contributed by atoms with Crippen molar-refractivity contribution in [3.8, 4) is 0 Å². The number of aromatic nitrogens is 4. The molecule has 3 rings (SSSR count). The number of piperidine rings is 1. The summed E-state index contributed by atoms with van der Waals surface area (Å²) in [4.78, 5) is 21.1. The Labute approximate surface area is 128 Å². The number of anilines is 1. The first kappa shape index (κ1) is 14.8. The summed E-state index contributed by atoms with van der Waals surface area (Å²) in [5, 5.41) is 7.11. The minimum Gasteiger partial charge on any atom is -0.377 e. The Balaban J connectivity index is 1.71. The molecule has 1 aliphatic rings. The summed E-state index contributed by atoms with van der Waals surface area (Å²) in [6.07, 6.45) is 4.00. The van der Waals surface area contributed by atoms with Crippen molar-refractivity contribution >= 4 is 5.82 Å². The number of hydrogen-bond donors (Lipinski definition) is 2. The normalized spacial score (nSPS) is 16.2. The van der Waals surface area contributed by atoms with Gasteiger partial charge >= 0.3 is 0 Å². The lowest BCUT2D eigenvalue weighted by atomic mass is 9.90. The molecule has 3 heterocycles. The van der Waals surface area contributed by atoms with E-state index in [1.807, 2.05) is 6.20 Å². The van der Waals surface area contributed by atoms with Gasteiger partial charge in [-0.05, 0) is 31.2 Å². The summed E-state index contributed by atoms with van der Waals surface area (Å²) in [6.45, 7) is 4.15. The van der Waals surface area contributed by atoms with Gasteiger partial charge in [0, 0.05) is 32.0 Å². The zero-order valence-electron chi connectivity index (χ0n) is 12.9. The van der Waals surface area contributed by atoms with Gasteiger partial charge < -0.3 is 14.6 Å². The minimum atomic E-state index is -0.134.